The van der Waals surface area contributed by atoms with Gasteiger partial charge < -0.3 is 20.3 Å². The van der Waals surface area contributed by atoms with Crippen molar-refractivity contribution in [2.75, 3.05) is 45.8 Å². The number of nitrogens with one attached hydrogen (secondary N) is 2. The van der Waals surface area contributed by atoms with Crippen molar-refractivity contribution in [1.29, 1.82) is 0 Å². The van der Waals surface area contributed by atoms with E-state index in [1.807, 2.05) is 27.1 Å². The minimum Gasteiger partial charge on any atom is -0.382 e. The third-order valence-electron chi connectivity index (χ3n) is 3.39. The fraction of sp³-hybridized carbons (Fsp3) is 0.588. The maximum Gasteiger partial charge on any atom is 0.191 e. The molecule has 0 atom stereocenters. The summed E-state index contributed by atoms with van der Waals surface area (Å²) in [6.07, 6.45) is 2.04. The van der Waals surface area contributed by atoms with Crippen molar-refractivity contribution in [3.05, 3.63) is 29.6 Å². The summed E-state index contributed by atoms with van der Waals surface area (Å²) in [6.45, 7) is 4.92. The Morgan fingerprint density at radius 1 is 1.26 bits per heavy atom. The molecule has 0 aliphatic rings. The Morgan fingerprint density at radius 3 is 2.65 bits per heavy atom. The molecule has 0 aliphatic heterocycles. The molecule has 2 N–H and O–H groups in total. The maximum absolute atomic E-state index is 13.9. The lowest BCUT2D eigenvalue weighted by Gasteiger charge is -2.15. The van der Waals surface area contributed by atoms with E-state index >= 15 is 0 Å². The summed E-state index contributed by atoms with van der Waals surface area (Å²) < 4.78 is 19.2. The summed E-state index contributed by atoms with van der Waals surface area (Å²) in [7, 11) is 5.38. The van der Waals surface area contributed by atoms with E-state index in [1.54, 1.807) is 24.1 Å². The van der Waals surface area contributed by atoms with Crippen molar-refractivity contribution in [2.45, 2.75) is 26.3 Å². The highest BCUT2D eigenvalue weighted by molar-refractivity contribution is 5.79. The molecule has 0 unspecified atom stereocenters. The van der Waals surface area contributed by atoms with Gasteiger partial charge in [0, 0.05) is 47.4 Å². The Hall–Kier alpha value is -1.82. The number of ether oxygens (including phenoxy) is 1. The first-order valence-corrected chi connectivity index (χ1v) is 8.06. The predicted octanol–water partition coefficient (Wildman–Crippen LogP) is 2.37. The first-order valence-electron chi connectivity index (χ1n) is 8.06. The number of hydrogen-bond acceptors (Lipinski definition) is 3. The summed E-state index contributed by atoms with van der Waals surface area (Å²) >= 11 is 0. The minimum absolute atomic E-state index is 0.215. The van der Waals surface area contributed by atoms with Crippen LogP contribution in [0.1, 0.15) is 25.3 Å². The number of halogens is 1. The summed E-state index contributed by atoms with van der Waals surface area (Å²) in [4.78, 5) is 5.93. The summed E-state index contributed by atoms with van der Waals surface area (Å²) in [6, 6.07) is 5.26. The van der Waals surface area contributed by atoms with Crippen LogP contribution in [-0.2, 0) is 11.3 Å². The number of anilines is 1. The molecular formula is C17H29FN4O. The fourth-order valence-corrected chi connectivity index (χ4v) is 2.11. The van der Waals surface area contributed by atoms with Crippen LogP contribution < -0.4 is 15.5 Å². The number of benzene rings is 1. The minimum atomic E-state index is -0.215. The van der Waals surface area contributed by atoms with Crippen LogP contribution in [0.5, 0.6) is 0 Å². The summed E-state index contributed by atoms with van der Waals surface area (Å²) in [5.74, 6) is 0.506. The van der Waals surface area contributed by atoms with Crippen molar-refractivity contribution in [3.8, 4) is 0 Å². The molecule has 0 bridgehead atoms. The molecule has 1 aromatic carbocycles. The van der Waals surface area contributed by atoms with Gasteiger partial charge in [-0.1, -0.05) is 6.07 Å². The number of nitrogens with zero attached hydrogens (tertiary/aromatic N) is 2. The number of hydrogen-bond donors (Lipinski definition) is 2. The van der Waals surface area contributed by atoms with Crippen LogP contribution in [0, 0.1) is 5.82 Å². The molecule has 0 saturated heterocycles. The summed E-state index contributed by atoms with van der Waals surface area (Å²) in [5.41, 5.74) is 1.47. The summed E-state index contributed by atoms with van der Waals surface area (Å²) in [5, 5.41) is 6.43. The zero-order chi connectivity index (χ0) is 17.1. The number of rotatable bonds is 9. The highest BCUT2D eigenvalue weighted by Crippen LogP contribution is 2.18. The van der Waals surface area contributed by atoms with Gasteiger partial charge in [0.2, 0.25) is 0 Å². The Labute approximate surface area is 138 Å². The van der Waals surface area contributed by atoms with Crippen LogP contribution in [-0.4, -0.2) is 46.9 Å². The zero-order valence-corrected chi connectivity index (χ0v) is 14.7. The lowest BCUT2D eigenvalue weighted by atomic mass is 10.2. The lowest BCUT2D eigenvalue weighted by molar-refractivity contribution is 0.143. The average molecular weight is 324 g/mol. The van der Waals surface area contributed by atoms with Gasteiger partial charge in [0.1, 0.15) is 5.82 Å². The molecule has 1 aromatic rings. The smallest absolute Gasteiger partial charge is 0.191 e. The fourth-order valence-electron chi connectivity index (χ4n) is 2.11. The molecule has 0 fully saturated rings. The van der Waals surface area contributed by atoms with E-state index in [2.05, 4.69) is 15.6 Å². The van der Waals surface area contributed by atoms with Gasteiger partial charge in [0.15, 0.2) is 5.96 Å². The Morgan fingerprint density at radius 2 is 2.04 bits per heavy atom. The normalized spacial score (nSPS) is 11.4. The molecule has 0 spiro atoms. The third-order valence-corrected chi connectivity index (χ3v) is 3.39. The van der Waals surface area contributed by atoms with Gasteiger partial charge in [-0.25, -0.2) is 4.39 Å². The van der Waals surface area contributed by atoms with E-state index < -0.39 is 0 Å². The van der Waals surface area contributed by atoms with E-state index in [1.165, 1.54) is 0 Å². The molecule has 130 valence electrons. The highest BCUT2D eigenvalue weighted by atomic mass is 19.1. The second-order valence-corrected chi connectivity index (χ2v) is 5.44. The van der Waals surface area contributed by atoms with Crippen LogP contribution in [0.15, 0.2) is 23.2 Å². The molecular weight excluding hydrogens is 295 g/mol. The molecule has 0 radical (unpaired) electrons. The quantitative estimate of drug-likeness (QED) is 0.416. The van der Waals surface area contributed by atoms with Gasteiger partial charge >= 0.3 is 0 Å². The van der Waals surface area contributed by atoms with Crippen LogP contribution in [0.4, 0.5) is 10.1 Å². The van der Waals surface area contributed by atoms with Crippen LogP contribution >= 0.6 is 0 Å². The monoisotopic (exact) mass is 324 g/mol. The average Bonchev–Trinajstić information content (AvgIpc) is 2.53. The van der Waals surface area contributed by atoms with Gasteiger partial charge in [-0.05, 0) is 37.5 Å². The molecule has 23 heavy (non-hydrogen) atoms. The second-order valence-electron chi connectivity index (χ2n) is 5.44. The molecule has 0 amide bonds. The molecule has 0 aliphatic carbocycles. The topological polar surface area (TPSA) is 48.9 Å². The van der Waals surface area contributed by atoms with Gasteiger partial charge in [-0.2, -0.15) is 0 Å². The molecule has 0 aromatic heterocycles. The number of aliphatic imine (C=N–C) groups is 1. The zero-order valence-electron chi connectivity index (χ0n) is 14.7. The Bertz CT molecular complexity index is 491. The molecule has 0 heterocycles. The first-order chi connectivity index (χ1) is 11.1. The van der Waals surface area contributed by atoms with E-state index in [-0.39, 0.29) is 5.82 Å². The van der Waals surface area contributed by atoms with Crippen LogP contribution in [0.25, 0.3) is 0 Å². The molecule has 1 rings (SSSR count). The largest absolute Gasteiger partial charge is 0.382 e. The van der Waals surface area contributed by atoms with Crippen molar-refractivity contribution in [3.63, 3.8) is 0 Å². The van der Waals surface area contributed by atoms with Crippen LogP contribution in [0.2, 0.25) is 0 Å². The first kappa shape index (κ1) is 19.2. The van der Waals surface area contributed by atoms with Crippen molar-refractivity contribution >= 4 is 11.6 Å². The Kier molecular flexibility index (Phi) is 9.05. The van der Waals surface area contributed by atoms with E-state index in [4.69, 9.17) is 4.74 Å². The SMILES string of the molecule is CCOCCCCNC(=NC)NCc1ccc(N(C)C)c(F)c1. The van der Waals surface area contributed by atoms with E-state index in [9.17, 15) is 4.39 Å². The number of guanidine groups is 1. The van der Waals surface area contributed by atoms with Gasteiger partial charge in [-0.15, -0.1) is 0 Å². The second kappa shape index (κ2) is 10.8. The van der Waals surface area contributed by atoms with Gasteiger partial charge in [0.05, 0.1) is 5.69 Å². The lowest BCUT2D eigenvalue weighted by Crippen LogP contribution is -2.37. The van der Waals surface area contributed by atoms with Crippen molar-refractivity contribution in [2.24, 2.45) is 4.99 Å². The molecule has 0 saturated carbocycles. The third kappa shape index (κ3) is 7.32. The van der Waals surface area contributed by atoms with Crippen molar-refractivity contribution in [1.82, 2.24) is 10.6 Å². The van der Waals surface area contributed by atoms with Gasteiger partial charge in [-0.3, -0.25) is 4.99 Å². The molecule has 6 heteroatoms. The molecule has 5 nitrogen and oxygen atoms in total. The highest BCUT2D eigenvalue weighted by Gasteiger charge is 2.05. The van der Waals surface area contributed by atoms with Crippen LogP contribution in [0.3, 0.4) is 0 Å². The maximum atomic E-state index is 13.9. The predicted molar refractivity (Wildman–Crippen MR) is 94.7 cm³/mol. The Balaban J connectivity index is 2.36. The van der Waals surface area contributed by atoms with E-state index in [0.717, 1.165) is 44.1 Å². The van der Waals surface area contributed by atoms with E-state index in [0.29, 0.717) is 12.2 Å². The van der Waals surface area contributed by atoms with Gasteiger partial charge in [0.25, 0.3) is 0 Å². The van der Waals surface area contributed by atoms with Crippen molar-refractivity contribution < 1.29 is 9.13 Å². The standard InChI is InChI=1S/C17H29FN4O/c1-5-23-11-7-6-10-20-17(19-2)21-13-14-8-9-16(22(3)4)15(18)12-14/h8-9,12H,5-7,10-11,13H2,1-4H3,(H2,19,20,21). The number of unbranched alkanes of at least 4 members (excludes halogenated alkanes) is 1.